The first-order valence-corrected chi connectivity index (χ1v) is 13.3. The molecule has 4 fully saturated rings. The molecular weight excluding hydrogens is 552 g/mol. The summed E-state index contributed by atoms with van der Waals surface area (Å²) in [6.45, 7) is 2.70. The van der Waals surface area contributed by atoms with Crippen LogP contribution in [0.5, 0.6) is 23.0 Å². The Labute approximate surface area is 235 Å². The van der Waals surface area contributed by atoms with Crippen LogP contribution >= 0.6 is 0 Å². The zero-order valence-electron chi connectivity index (χ0n) is 21.9. The minimum absolute atomic E-state index is 0.000447. The molecule has 0 amide bonds. The summed E-state index contributed by atoms with van der Waals surface area (Å²) in [5.41, 5.74) is -8.13. The van der Waals surface area contributed by atoms with E-state index in [1.165, 1.54) is 13.8 Å². The van der Waals surface area contributed by atoms with E-state index in [2.05, 4.69) is 0 Å². The summed E-state index contributed by atoms with van der Waals surface area (Å²) in [5.74, 6) is -18.2. The van der Waals surface area contributed by atoms with Crippen molar-refractivity contribution in [2.24, 2.45) is 40.4 Å². The average Bonchev–Trinajstić information content (AvgIpc) is 3.27. The summed E-state index contributed by atoms with van der Waals surface area (Å²) in [5, 5.41) is 78.2. The maximum absolute atomic E-state index is 14.6. The minimum Gasteiger partial charge on any atom is -0.507 e. The molecule has 0 aliphatic heterocycles. The molecule has 6 aliphatic carbocycles. The Morgan fingerprint density at radius 3 is 1.76 bits per heavy atom. The van der Waals surface area contributed by atoms with Crippen molar-refractivity contribution in [1.82, 2.24) is 0 Å². The number of aryl methyl sites for hydroxylation is 2. The monoisotopic (exact) mass is 574 g/mol. The Hall–Kier alpha value is -4.55. The van der Waals surface area contributed by atoms with E-state index >= 15 is 0 Å². The molecule has 1 unspecified atom stereocenters. The number of aliphatic hydroxyl groups excluding tert-OH is 3. The number of phenolic OH excluding ortho intramolecular Hbond substituents is 4. The number of phenols is 4. The summed E-state index contributed by atoms with van der Waals surface area (Å²) >= 11 is 0. The van der Waals surface area contributed by atoms with Gasteiger partial charge in [0.15, 0.2) is 28.9 Å². The van der Waals surface area contributed by atoms with Crippen LogP contribution in [0.25, 0.3) is 5.76 Å². The third kappa shape index (κ3) is 2.04. The van der Waals surface area contributed by atoms with Gasteiger partial charge in [-0.05, 0) is 37.1 Å². The highest BCUT2D eigenvalue weighted by Crippen LogP contribution is 2.80. The molecule has 4 bridgehead atoms. The Bertz CT molecular complexity index is 1880. The highest BCUT2D eigenvalue weighted by atomic mass is 16.3. The second-order valence-electron chi connectivity index (χ2n) is 12.4. The Balaban J connectivity index is 1.54. The lowest BCUT2D eigenvalue weighted by Crippen LogP contribution is -2.69. The van der Waals surface area contributed by atoms with Crippen molar-refractivity contribution in [3.63, 3.8) is 0 Å². The largest absolute Gasteiger partial charge is 0.507 e. The average molecular weight is 574 g/mol. The molecule has 0 heterocycles. The first kappa shape index (κ1) is 25.2. The maximum atomic E-state index is 14.6. The number of Topliss-reactive ketones (excluding diaryl/α,β-unsaturated/α-hetero) is 5. The Kier molecular flexibility index (Phi) is 4.14. The van der Waals surface area contributed by atoms with Gasteiger partial charge in [-0.2, -0.15) is 0 Å². The first-order chi connectivity index (χ1) is 19.7. The minimum atomic E-state index is -2.49. The Morgan fingerprint density at radius 1 is 0.643 bits per heavy atom. The summed E-state index contributed by atoms with van der Waals surface area (Å²) in [6, 6.07) is 2.09. The highest BCUT2D eigenvalue weighted by Gasteiger charge is 2.91. The SMILES string of the molecule is Cc1cc(O)c2c(c1O)C(=O)[C@]13C(=C2O)C(=O)[C@@H]2[C@H](O)[C@H]1[C@@H]1[C@@H](O)[C@H]3C(=O)C3C(=O)c4c(O)cc(C)c(O)c4C(=O)[C@]312. The highest BCUT2D eigenvalue weighted by molar-refractivity contribution is 6.33. The molecule has 9 atom stereocenters. The van der Waals surface area contributed by atoms with Gasteiger partial charge in [-0.1, -0.05) is 0 Å². The van der Waals surface area contributed by atoms with E-state index < -0.39 is 138 Å². The number of hydrogen-bond acceptors (Lipinski definition) is 12. The van der Waals surface area contributed by atoms with E-state index in [9.17, 15) is 59.7 Å². The standard InChI is InChI=1S/C30H22O12/c1-5-3-7(31)9-11(19(5)33)27(41)29-13-14-24(38)17(29)26(40)16-22(36)10-8(32)4-6(2)20(34)12(10)28(42)30(14,16)18(23(13)37)25(39)15(29)21(9)35/h3-4,13-15,17-18,23-24,31-34,36-38H,1-2H3/t13-,14-,15?,17+,18+,23-,24-,29+,30+/m1/s1. The second kappa shape index (κ2) is 6.90. The van der Waals surface area contributed by atoms with E-state index in [4.69, 9.17) is 0 Å². The van der Waals surface area contributed by atoms with Gasteiger partial charge in [-0.15, -0.1) is 0 Å². The summed E-state index contributed by atoms with van der Waals surface area (Å²) < 4.78 is 0. The molecule has 8 rings (SSSR count). The number of carbonyl (C=O) groups excluding carboxylic acids is 5. The van der Waals surface area contributed by atoms with Crippen LogP contribution in [0, 0.1) is 54.3 Å². The van der Waals surface area contributed by atoms with Crippen LogP contribution in [0.4, 0.5) is 0 Å². The van der Waals surface area contributed by atoms with E-state index in [1.54, 1.807) is 0 Å². The number of benzene rings is 2. The third-order valence-electron chi connectivity index (χ3n) is 11.0. The van der Waals surface area contributed by atoms with E-state index in [0.29, 0.717) is 0 Å². The molecular formula is C30H22O12. The normalized spacial score (nSPS) is 38.6. The molecule has 2 aromatic carbocycles. The van der Waals surface area contributed by atoms with Crippen molar-refractivity contribution in [3.8, 4) is 23.0 Å². The number of aliphatic hydroxyl groups is 3. The van der Waals surface area contributed by atoms with Gasteiger partial charge in [0.2, 0.25) is 0 Å². The van der Waals surface area contributed by atoms with Gasteiger partial charge in [-0.25, -0.2) is 0 Å². The van der Waals surface area contributed by atoms with Crippen molar-refractivity contribution < 1.29 is 59.7 Å². The van der Waals surface area contributed by atoms with Crippen molar-refractivity contribution in [2.45, 2.75) is 26.1 Å². The lowest BCUT2D eigenvalue weighted by atomic mass is 9.43. The number of carbonyl (C=O) groups is 5. The number of fused-ring (bicyclic) bond motifs is 4. The van der Waals surface area contributed by atoms with Crippen LogP contribution in [-0.2, 0) is 9.59 Å². The molecule has 7 N–H and O–H groups in total. The van der Waals surface area contributed by atoms with Gasteiger partial charge in [0.25, 0.3) is 0 Å². The fourth-order valence-electron chi connectivity index (χ4n) is 9.86. The van der Waals surface area contributed by atoms with Crippen LogP contribution in [0.15, 0.2) is 17.7 Å². The molecule has 0 radical (unpaired) electrons. The van der Waals surface area contributed by atoms with Crippen LogP contribution in [0.3, 0.4) is 0 Å². The van der Waals surface area contributed by atoms with Gasteiger partial charge in [-0.3, -0.25) is 24.0 Å². The van der Waals surface area contributed by atoms with Gasteiger partial charge in [0.1, 0.15) is 28.8 Å². The molecule has 12 nitrogen and oxygen atoms in total. The second-order valence-corrected chi connectivity index (χ2v) is 12.4. The summed E-state index contributed by atoms with van der Waals surface area (Å²) in [7, 11) is 0. The van der Waals surface area contributed by atoms with Crippen molar-refractivity contribution >= 4 is 34.7 Å². The quantitative estimate of drug-likeness (QED) is 0.170. The third-order valence-corrected chi connectivity index (χ3v) is 11.0. The zero-order valence-corrected chi connectivity index (χ0v) is 21.9. The number of aromatic hydroxyl groups is 4. The van der Waals surface area contributed by atoms with E-state index in [0.717, 1.165) is 12.1 Å². The smallest absolute Gasteiger partial charge is 0.179 e. The van der Waals surface area contributed by atoms with E-state index in [1.807, 2.05) is 0 Å². The molecule has 6 aliphatic rings. The molecule has 4 saturated carbocycles. The number of ketones is 5. The zero-order chi connectivity index (χ0) is 30.3. The fraction of sp³-hybridized carbons (Fsp3) is 0.367. The van der Waals surface area contributed by atoms with Crippen molar-refractivity contribution in [1.29, 1.82) is 0 Å². The molecule has 42 heavy (non-hydrogen) atoms. The van der Waals surface area contributed by atoms with Gasteiger partial charge in [0, 0.05) is 11.8 Å². The summed E-state index contributed by atoms with van der Waals surface area (Å²) in [6.07, 6.45) is -3.72. The molecule has 0 aromatic heterocycles. The molecule has 214 valence electrons. The van der Waals surface area contributed by atoms with Crippen molar-refractivity contribution in [3.05, 3.63) is 51.1 Å². The van der Waals surface area contributed by atoms with Gasteiger partial charge < -0.3 is 35.7 Å². The van der Waals surface area contributed by atoms with Gasteiger partial charge in [0.05, 0.1) is 68.6 Å². The van der Waals surface area contributed by atoms with Crippen LogP contribution in [-0.4, -0.2) is 76.9 Å². The van der Waals surface area contributed by atoms with Crippen LogP contribution < -0.4 is 0 Å². The number of rotatable bonds is 0. The summed E-state index contributed by atoms with van der Waals surface area (Å²) in [4.78, 5) is 72.2. The maximum Gasteiger partial charge on any atom is 0.179 e. The predicted molar refractivity (Wildman–Crippen MR) is 136 cm³/mol. The topological polar surface area (TPSA) is 227 Å². The molecule has 12 heteroatoms. The van der Waals surface area contributed by atoms with Crippen LogP contribution in [0.1, 0.15) is 47.8 Å². The lowest BCUT2D eigenvalue weighted by molar-refractivity contribution is -0.154. The van der Waals surface area contributed by atoms with E-state index in [-0.39, 0.29) is 11.1 Å². The molecule has 0 saturated heterocycles. The fourth-order valence-corrected chi connectivity index (χ4v) is 9.86. The molecule has 2 spiro atoms. The van der Waals surface area contributed by atoms with Crippen LogP contribution in [0.2, 0.25) is 0 Å². The van der Waals surface area contributed by atoms with Gasteiger partial charge >= 0.3 is 0 Å². The molecule has 2 aromatic rings. The number of allylic oxidation sites excluding steroid dienone is 1. The van der Waals surface area contributed by atoms with Crippen molar-refractivity contribution in [2.75, 3.05) is 0 Å². The first-order valence-electron chi connectivity index (χ1n) is 13.3. The Morgan fingerprint density at radius 2 is 1.17 bits per heavy atom. The predicted octanol–water partition coefficient (Wildman–Crippen LogP) is 0.639. The number of hydrogen-bond donors (Lipinski definition) is 7. The lowest BCUT2D eigenvalue weighted by Gasteiger charge is -2.55.